The summed E-state index contributed by atoms with van der Waals surface area (Å²) in [6, 6.07) is 49.4. The second kappa shape index (κ2) is 11.5. The maximum absolute atomic E-state index is 14.1. The summed E-state index contributed by atoms with van der Waals surface area (Å²) in [6.45, 7) is 0. The predicted octanol–water partition coefficient (Wildman–Crippen LogP) is 10.8. The molecule has 6 heteroatoms. The SMILES string of the molecule is O=C1C(=O)C2c3cc4cc5cc6c(cc5cc4cc3C1c1cc3cc4cc5c(cc4cc3cc12)[C@H]1C(=O)C(=O)C5c2cc3ccccc3cc21)C1C(=O)C(=O)[C@@H]6c2cc3ccccc3cc21. The van der Waals surface area contributed by atoms with Gasteiger partial charge >= 0.3 is 0 Å². The molecular weight excluding hydrogens is 817 g/mol. The van der Waals surface area contributed by atoms with Crippen molar-refractivity contribution in [1.29, 1.82) is 0 Å². The zero-order valence-corrected chi connectivity index (χ0v) is 34.8. The lowest BCUT2D eigenvalue weighted by atomic mass is 9.61. The minimum Gasteiger partial charge on any atom is -0.290 e. The van der Waals surface area contributed by atoms with Crippen LogP contribution in [0.4, 0.5) is 0 Å². The van der Waals surface area contributed by atoms with E-state index in [1.165, 1.54) is 0 Å². The molecule has 0 N–H and O–H groups in total. The van der Waals surface area contributed by atoms with Gasteiger partial charge in [-0.1, -0.05) is 48.5 Å². The summed E-state index contributed by atoms with van der Waals surface area (Å²) in [5.74, 6) is -6.39. The molecule has 9 aliphatic carbocycles. The van der Waals surface area contributed by atoms with Gasteiger partial charge in [-0.2, -0.15) is 0 Å². The molecule has 6 atom stereocenters. The average Bonchev–Trinajstić information content (AvgIpc) is 3.32. The first kappa shape index (κ1) is 35.2. The molecule has 0 radical (unpaired) electrons. The molecule has 0 aliphatic heterocycles. The van der Waals surface area contributed by atoms with Crippen molar-refractivity contribution < 1.29 is 28.8 Å². The Labute approximate surface area is 374 Å². The van der Waals surface area contributed by atoms with Crippen LogP contribution in [0.1, 0.15) is 102 Å². The van der Waals surface area contributed by atoms with Gasteiger partial charge in [0, 0.05) is 0 Å². The second-order valence-electron chi connectivity index (χ2n) is 19.5. The lowest BCUT2D eigenvalue weighted by Gasteiger charge is -2.39. The fraction of sp³-hybridized carbons (Fsp3) is 0.100. The largest absolute Gasteiger partial charge is 0.290 e. The number of Topliss-reactive ketones (excluding diaryl/α,β-unsaturated/α-hetero) is 6. The number of ketones is 6. The molecule has 6 bridgehead atoms. The molecule has 0 amide bonds. The first-order chi connectivity index (χ1) is 32.2. The fourth-order valence-electron chi connectivity index (χ4n) is 13.4. The number of hydrogen-bond acceptors (Lipinski definition) is 6. The molecular formula is C60H30O6. The number of benzene rings is 10. The van der Waals surface area contributed by atoms with Gasteiger partial charge < -0.3 is 0 Å². The monoisotopic (exact) mass is 846 g/mol. The summed E-state index contributed by atoms with van der Waals surface area (Å²) >= 11 is 0. The lowest BCUT2D eigenvalue weighted by molar-refractivity contribution is -0.138. The molecule has 0 aromatic heterocycles. The number of carbonyl (C=O) groups excluding carboxylic acids is 6. The van der Waals surface area contributed by atoms with Gasteiger partial charge in [0.05, 0.1) is 35.5 Å². The van der Waals surface area contributed by atoms with Crippen LogP contribution in [0.2, 0.25) is 0 Å². The van der Waals surface area contributed by atoms with Crippen LogP contribution in [0.15, 0.2) is 146 Å². The first-order valence-electron chi connectivity index (χ1n) is 22.6. The van der Waals surface area contributed by atoms with Crippen LogP contribution in [0.3, 0.4) is 0 Å². The minimum atomic E-state index is -0.754. The standard InChI is InChI=1S/C60H30O6/c61-55-49-37-13-25-5-1-2-6-26(25)14-38(37)50(56(55)62)42-18-30-10-34-22-46-45(21-33(34)9-29(30)17-41(42)49)53-47-23-35-11-31-19-43-44(20-32(31)12-36(35)24-48(47)54(46)60(66)59(53)65)52-40-16-28-8-4-3-7-27(28)15-39(40)51(43)57(63)58(52)64/h1-24,49-54H/t49-,50?,51+,52?,53?,54?. The first-order valence-corrected chi connectivity index (χ1v) is 22.6. The maximum Gasteiger partial charge on any atom is 0.211 e. The van der Waals surface area contributed by atoms with Gasteiger partial charge in [-0.15, -0.1) is 0 Å². The molecule has 306 valence electrons. The second-order valence-corrected chi connectivity index (χ2v) is 19.5. The Morgan fingerprint density at radius 3 is 0.470 bits per heavy atom. The number of rotatable bonds is 0. The van der Waals surface area contributed by atoms with Crippen LogP contribution in [0.25, 0.3) is 64.6 Å². The highest BCUT2D eigenvalue weighted by molar-refractivity contribution is 6.47. The van der Waals surface area contributed by atoms with Crippen LogP contribution in [-0.2, 0) is 28.8 Å². The highest BCUT2D eigenvalue weighted by atomic mass is 16.2. The quantitative estimate of drug-likeness (QED) is 0.111. The average molecular weight is 847 g/mol. The van der Waals surface area contributed by atoms with Gasteiger partial charge in [0.25, 0.3) is 0 Å². The van der Waals surface area contributed by atoms with E-state index in [0.29, 0.717) is 0 Å². The van der Waals surface area contributed by atoms with Crippen LogP contribution in [0, 0.1) is 0 Å². The topological polar surface area (TPSA) is 102 Å². The molecule has 9 aliphatic rings. The molecule has 0 saturated heterocycles. The molecule has 0 saturated carbocycles. The van der Waals surface area contributed by atoms with Crippen molar-refractivity contribution in [2.45, 2.75) is 35.5 Å². The highest BCUT2D eigenvalue weighted by Gasteiger charge is 2.52. The van der Waals surface area contributed by atoms with E-state index in [1.807, 2.05) is 48.5 Å². The normalized spacial score (nSPS) is 22.7. The smallest absolute Gasteiger partial charge is 0.211 e. The fourth-order valence-corrected chi connectivity index (χ4v) is 13.4. The lowest BCUT2D eigenvalue weighted by Crippen LogP contribution is -2.40. The van der Waals surface area contributed by atoms with Gasteiger partial charge in [0.15, 0.2) is 0 Å². The van der Waals surface area contributed by atoms with Crippen molar-refractivity contribution in [1.82, 2.24) is 0 Å². The summed E-state index contributed by atoms with van der Waals surface area (Å²) in [4.78, 5) is 82.9. The molecule has 19 rings (SSSR count). The highest BCUT2D eigenvalue weighted by Crippen LogP contribution is 2.55. The number of hydrogen-bond donors (Lipinski definition) is 0. The van der Waals surface area contributed by atoms with Gasteiger partial charge in [-0.3, -0.25) is 28.8 Å². The molecule has 10 aromatic carbocycles. The Kier molecular flexibility index (Phi) is 6.14. The molecule has 4 unspecified atom stereocenters. The van der Waals surface area contributed by atoms with Crippen LogP contribution >= 0.6 is 0 Å². The Morgan fingerprint density at radius 1 is 0.182 bits per heavy atom. The van der Waals surface area contributed by atoms with Gasteiger partial charge in [0.1, 0.15) is 0 Å². The maximum atomic E-state index is 14.1. The summed E-state index contributed by atoms with van der Waals surface area (Å²) < 4.78 is 0. The number of carbonyl (C=O) groups is 6. The minimum absolute atomic E-state index is 0.361. The molecule has 0 spiro atoms. The number of fused-ring (bicyclic) bond motifs is 9. The van der Waals surface area contributed by atoms with Crippen LogP contribution in [-0.4, -0.2) is 34.7 Å². The molecule has 10 aromatic rings. The summed E-state index contributed by atoms with van der Waals surface area (Å²) in [6.07, 6.45) is 0. The van der Waals surface area contributed by atoms with Gasteiger partial charge in [-0.05, 0) is 228 Å². The van der Waals surface area contributed by atoms with Crippen molar-refractivity contribution in [3.05, 3.63) is 212 Å². The van der Waals surface area contributed by atoms with E-state index < -0.39 is 47.1 Å². The molecule has 6 nitrogen and oxygen atoms in total. The van der Waals surface area contributed by atoms with E-state index in [1.54, 1.807) is 0 Å². The Bertz CT molecular complexity index is 3700. The zero-order chi connectivity index (χ0) is 43.8. The molecule has 0 fully saturated rings. The Morgan fingerprint density at radius 2 is 0.318 bits per heavy atom. The summed E-state index contributed by atoms with van der Waals surface area (Å²) in [5.41, 5.74) is 10.4. The third-order valence-electron chi connectivity index (χ3n) is 16.3. The van der Waals surface area contributed by atoms with Crippen molar-refractivity contribution >= 4 is 99.3 Å². The van der Waals surface area contributed by atoms with Crippen LogP contribution < -0.4 is 0 Å². The van der Waals surface area contributed by atoms with Crippen molar-refractivity contribution in [2.75, 3.05) is 0 Å². The molecule has 66 heavy (non-hydrogen) atoms. The van der Waals surface area contributed by atoms with Gasteiger partial charge in [0.2, 0.25) is 34.7 Å². The Hall–Kier alpha value is -8.22. The summed E-state index contributed by atoms with van der Waals surface area (Å²) in [7, 11) is 0. The van der Waals surface area contributed by atoms with Gasteiger partial charge in [-0.25, -0.2) is 0 Å². The van der Waals surface area contributed by atoms with E-state index >= 15 is 0 Å². The molecule has 0 heterocycles. The zero-order valence-electron chi connectivity index (χ0n) is 34.8. The van der Waals surface area contributed by atoms with Crippen molar-refractivity contribution in [3.8, 4) is 0 Å². The predicted molar refractivity (Wildman–Crippen MR) is 252 cm³/mol. The third kappa shape index (κ3) is 4.11. The van der Waals surface area contributed by atoms with E-state index in [2.05, 4.69) is 97.1 Å². The van der Waals surface area contributed by atoms with E-state index in [9.17, 15) is 28.8 Å². The van der Waals surface area contributed by atoms with E-state index in [4.69, 9.17) is 0 Å². The van der Waals surface area contributed by atoms with Crippen LogP contribution in [0.5, 0.6) is 0 Å². The van der Waals surface area contributed by atoms with Crippen molar-refractivity contribution in [2.24, 2.45) is 0 Å². The van der Waals surface area contributed by atoms with E-state index in [0.717, 1.165) is 131 Å². The third-order valence-corrected chi connectivity index (χ3v) is 16.3. The van der Waals surface area contributed by atoms with Crippen molar-refractivity contribution in [3.63, 3.8) is 0 Å². The Balaban J connectivity index is 0.839. The summed E-state index contributed by atoms with van der Waals surface area (Å²) in [5, 5.41) is 11.6. The van der Waals surface area contributed by atoms with E-state index in [-0.39, 0.29) is 23.1 Å².